The van der Waals surface area contributed by atoms with Crippen molar-refractivity contribution < 1.29 is 14.0 Å². The first-order valence-electron chi connectivity index (χ1n) is 5.74. The number of nitrogens with one attached hydrogen (secondary N) is 3. The molecule has 0 bridgehead atoms. The van der Waals surface area contributed by atoms with Gasteiger partial charge in [0.05, 0.1) is 10.7 Å². The van der Waals surface area contributed by atoms with Crippen LogP contribution in [0, 0.1) is 5.82 Å². The van der Waals surface area contributed by atoms with Gasteiger partial charge in [-0.25, -0.2) is 9.18 Å². The lowest BCUT2D eigenvalue weighted by atomic mass is 10.3. The molecule has 5 nitrogen and oxygen atoms in total. The molecule has 0 saturated heterocycles. The fourth-order valence-corrected chi connectivity index (χ4v) is 1.50. The molecule has 0 radical (unpaired) electrons. The molecule has 0 aliphatic rings. The van der Waals surface area contributed by atoms with Gasteiger partial charge in [-0.15, -0.1) is 0 Å². The van der Waals surface area contributed by atoms with Crippen molar-refractivity contribution >= 4 is 29.2 Å². The Labute approximate surface area is 115 Å². The Bertz CT molecular complexity index is 468. The lowest BCUT2D eigenvalue weighted by molar-refractivity contribution is -0.118. The Morgan fingerprint density at radius 1 is 1.26 bits per heavy atom. The molecular weight excluding hydrogens is 273 g/mol. The third kappa shape index (κ3) is 5.56. The molecule has 19 heavy (non-hydrogen) atoms. The summed E-state index contributed by atoms with van der Waals surface area (Å²) in [4.78, 5) is 22.0. The molecule has 3 amide bonds. The van der Waals surface area contributed by atoms with E-state index >= 15 is 0 Å². The van der Waals surface area contributed by atoms with E-state index in [0.717, 1.165) is 0 Å². The minimum absolute atomic E-state index is 0.0202. The van der Waals surface area contributed by atoms with Crippen molar-refractivity contribution in [2.45, 2.75) is 13.3 Å². The number of hydrogen-bond donors (Lipinski definition) is 3. The molecule has 7 heteroatoms. The second-order valence-electron chi connectivity index (χ2n) is 3.82. The average molecular weight is 288 g/mol. The summed E-state index contributed by atoms with van der Waals surface area (Å²) in [5.41, 5.74) is 0.0202. The van der Waals surface area contributed by atoms with Crippen LogP contribution in [0.15, 0.2) is 18.2 Å². The van der Waals surface area contributed by atoms with Gasteiger partial charge in [0.2, 0.25) is 5.91 Å². The number of carbonyl (C=O) groups is 2. The van der Waals surface area contributed by atoms with Crippen LogP contribution in [-0.2, 0) is 4.79 Å². The van der Waals surface area contributed by atoms with Crippen molar-refractivity contribution in [3.05, 3.63) is 29.0 Å². The van der Waals surface area contributed by atoms with Crippen LogP contribution in [0.5, 0.6) is 0 Å². The number of hydrogen-bond acceptors (Lipinski definition) is 2. The molecule has 1 rings (SSSR count). The van der Waals surface area contributed by atoms with Gasteiger partial charge in [-0.1, -0.05) is 17.7 Å². The zero-order valence-corrected chi connectivity index (χ0v) is 11.2. The first-order chi connectivity index (χ1) is 9.00. The fourth-order valence-electron chi connectivity index (χ4n) is 1.32. The molecule has 0 fully saturated rings. The van der Waals surface area contributed by atoms with Crippen LogP contribution in [0.3, 0.4) is 0 Å². The van der Waals surface area contributed by atoms with Crippen molar-refractivity contribution in [1.29, 1.82) is 0 Å². The van der Waals surface area contributed by atoms with Gasteiger partial charge >= 0.3 is 6.03 Å². The summed E-state index contributed by atoms with van der Waals surface area (Å²) in [6.45, 7) is 2.26. The minimum atomic E-state index is -0.669. The largest absolute Gasteiger partial charge is 0.356 e. The van der Waals surface area contributed by atoms with Crippen molar-refractivity contribution in [1.82, 2.24) is 10.6 Å². The van der Waals surface area contributed by atoms with E-state index in [1.165, 1.54) is 25.1 Å². The molecule has 0 heterocycles. The van der Waals surface area contributed by atoms with Gasteiger partial charge in [0.1, 0.15) is 0 Å². The van der Waals surface area contributed by atoms with Gasteiger partial charge in [0.25, 0.3) is 0 Å². The van der Waals surface area contributed by atoms with E-state index in [1.807, 2.05) is 0 Å². The van der Waals surface area contributed by atoms with E-state index in [0.29, 0.717) is 19.5 Å². The highest BCUT2D eigenvalue weighted by Gasteiger charge is 2.08. The van der Waals surface area contributed by atoms with Crippen LogP contribution < -0.4 is 16.0 Å². The number of amides is 3. The summed E-state index contributed by atoms with van der Waals surface area (Å²) in [6, 6.07) is 3.83. The highest BCUT2D eigenvalue weighted by atomic mass is 35.5. The SMILES string of the molecule is CC(=O)NCCCNC(=O)Nc1cccc(Cl)c1F. The molecule has 0 spiro atoms. The summed E-state index contributed by atoms with van der Waals surface area (Å²) in [5, 5.41) is 7.44. The van der Waals surface area contributed by atoms with Gasteiger partial charge in [0.15, 0.2) is 5.82 Å². The van der Waals surface area contributed by atoms with Crippen LogP contribution in [0.4, 0.5) is 14.9 Å². The summed E-state index contributed by atoms with van der Waals surface area (Å²) in [6.07, 6.45) is 0.588. The van der Waals surface area contributed by atoms with E-state index in [4.69, 9.17) is 11.6 Å². The highest BCUT2D eigenvalue weighted by Crippen LogP contribution is 2.21. The van der Waals surface area contributed by atoms with E-state index in [-0.39, 0.29) is 16.6 Å². The first-order valence-corrected chi connectivity index (χ1v) is 6.12. The van der Waals surface area contributed by atoms with Crippen molar-refractivity contribution in [2.24, 2.45) is 0 Å². The second-order valence-corrected chi connectivity index (χ2v) is 4.23. The topological polar surface area (TPSA) is 70.2 Å². The van der Waals surface area contributed by atoms with Crippen LogP contribution in [0.1, 0.15) is 13.3 Å². The first kappa shape index (κ1) is 15.2. The fraction of sp³-hybridized carbons (Fsp3) is 0.333. The Kier molecular flexibility index (Phi) is 6.08. The zero-order chi connectivity index (χ0) is 14.3. The van der Waals surface area contributed by atoms with Crippen molar-refractivity contribution in [3.63, 3.8) is 0 Å². The number of carbonyl (C=O) groups excluding carboxylic acids is 2. The maximum Gasteiger partial charge on any atom is 0.319 e. The third-order valence-corrected chi connectivity index (χ3v) is 2.50. The maximum absolute atomic E-state index is 13.5. The number of anilines is 1. The highest BCUT2D eigenvalue weighted by molar-refractivity contribution is 6.31. The molecule has 0 aliphatic carbocycles. The number of halogens is 2. The van der Waals surface area contributed by atoms with E-state index in [2.05, 4.69) is 16.0 Å². The molecule has 0 unspecified atom stereocenters. The number of urea groups is 1. The molecule has 104 valence electrons. The zero-order valence-electron chi connectivity index (χ0n) is 10.4. The third-order valence-electron chi connectivity index (χ3n) is 2.21. The van der Waals surface area contributed by atoms with Crippen LogP contribution in [-0.4, -0.2) is 25.0 Å². The number of rotatable bonds is 5. The van der Waals surface area contributed by atoms with Crippen LogP contribution in [0.25, 0.3) is 0 Å². The number of benzene rings is 1. The van der Waals surface area contributed by atoms with Gasteiger partial charge < -0.3 is 16.0 Å². The Morgan fingerprint density at radius 2 is 1.95 bits per heavy atom. The Hall–Kier alpha value is -1.82. The molecular formula is C12H15ClFN3O2. The van der Waals surface area contributed by atoms with Gasteiger partial charge in [-0.3, -0.25) is 4.79 Å². The van der Waals surface area contributed by atoms with Crippen LogP contribution in [0.2, 0.25) is 5.02 Å². The summed E-state index contributed by atoms with van der Waals surface area (Å²) >= 11 is 5.59. The molecule has 0 atom stereocenters. The molecule has 0 saturated carbocycles. The molecule has 0 aliphatic heterocycles. The quantitative estimate of drug-likeness (QED) is 0.726. The standard InChI is InChI=1S/C12H15ClFN3O2/c1-8(18)15-6-3-7-16-12(19)17-10-5-2-4-9(13)11(10)14/h2,4-5H,3,6-7H2,1H3,(H,15,18)(H2,16,17,19). The molecule has 1 aromatic rings. The molecule has 1 aromatic carbocycles. The Balaban J connectivity index is 2.31. The summed E-state index contributed by atoms with van der Waals surface area (Å²) < 4.78 is 13.5. The predicted octanol–water partition coefficient (Wildman–Crippen LogP) is 2.13. The minimum Gasteiger partial charge on any atom is -0.356 e. The Morgan fingerprint density at radius 3 is 2.63 bits per heavy atom. The van der Waals surface area contributed by atoms with Gasteiger partial charge in [-0.05, 0) is 18.6 Å². The van der Waals surface area contributed by atoms with Crippen molar-refractivity contribution in [3.8, 4) is 0 Å². The van der Waals surface area contributed by atoms with E-state index in [1.54, 1.807) is 0 Å². The molecule has 0 aromatic heterocycles. The average Bonchev–Trinajstić information content (AvgIpc) is 2.34. The van der Waals surface area contributed by atoms with E-state index in [9.17, 15) is 14.0 Å². The van der Waals surface area contributed by atoms with E-state index < -0.39 is 11.8 Å². The van der Waals surface area contributed by atoms with Gasteiger partial charge in [0, 0.05) is 20.0 Å². The summed E-state index contributed by atoms with van der Waals surface area (Å²) in [5.74, 6) is -0.789. The predicted molar refractivity (Wildman–Crippen MR) is 71.7 cm³/mol. The lowest BCUT2D eigenvalue weighted by Gasteiger charge is -2.09. The van der Waals surface area contributed by atoms with Crippen LogP contribution >= 0.6 is 11.6 Å². The summed E-state index contributed by atoms with van der Waals surface area (Å²) in [7, 11) is 0. The smallest absolute Gasteiger partial charge is 0.319 e. The van der Waals surface area contributed by atoms with Crippen molar-refractivity contribution in [2.75, 3.05) is 18.4 Å². The lowest BCUT2D eigenvalue weighted by Crippen LogP contribution is -2.32. The molecule has 3 N–H and O–H groups in total. The van der Waals surface area contributed by atoms with Gasteiger partial charge in [-0.2, -0.15) is 0 Å². The normalized spacial score (nSPS) is 9.84. The monoisotopic (exact) mass is 287 g/mol. The second kappa shape index (κ2) is 7.58. The maximum atomic E-state index is 13.5.